The summed E-state index contributed by atoms with van der Waals surface area (Å²) >= 11 is 0. The molecule has 1 N–H and O–H groups in total. The molecule has 0 aliphatic carbocycles. The molecule has 1 aromatic heterocycles. The fraction of sp³-hybridized carbons (Fsp3) is 0.278. The second-order valence-electron chi connectivity index (χ2n) is 5.80. The average Bonchev–Trinajstić information content (AvgIpc) is 3.03. The van der Waals surface area contributed by atoms with Crippen molar-refractivity contribution in [2.24, 2.45) is 0 Å². The first-order valence-corrected chi connectivity index (χ1v) is 7.80. The molecular weight excluding hydrogens is 311 g/mol. The number of pyridine rings is 1. The maximum absolute atomic E-state index is 13.0. The van der Waals surface area contributed by atoms with E-state index < -0.39 is 5.82 Å². The van der Waals surface area contributed by atoms with Gasteiger partial charge in [-0.1, -0.05) is 0 Å². The molecule has 0 saturated carbocycles. The normalized spacial score (nSPS) is 17.0. The van der Waals surface area contributed by atoms with Gasteiger partial charge in [0.2, 0.25) is 0 Å². The number of rotatable bonds is 4. The van der Waals surface area contributed by atoms with Crippen molar-refractivity contribution in [3.8, 4) is 5.75 Å². The quantitative estimate of drug-likeness (QED) is 0.876. The second kappa shape index (κ2) is 6.78. The Hall–Kier alpha value is -2.76. The fourth-order valence-corrected chi connectivity index (χ4v) is 2.98. The Kier molecular flexibility index (Phi) is 4.55. The second-order valence-corrected chi connectivity index (χ2v) is 5.80. The maximum Gasteiger partial charge on any atom is 0.276 e. The van der Waals surface area contributed by atoms with Crippen molar-refractivity contribution in [2.45, 2.75) is 25.3 Å². The summed E-state index contributed by atoms with van der Waals surface area (Å²) in [6, 6.07) is 8.11. The van der Waals surface area contributed by atoms with E-state index in [-0.39, 0.29) is 35.6 Å². The molecule has 0 spiro atoms. The summed E-state index contributed by atoms with van der Waals surface area (Å²) in [6.45, 7) is 0.524. The van der Waals surface area contributed by atoms with Crippen LogP contribution in [0.5, 0.6) is 5.75 Å². The molecule has 2 heterocycles. The highest BCUT2D eigenvalue weighted by Gasteiger charge is 2.32. The van der Waals surface area contributed by atoms with Crippen molar-refractivity contribution >= 4 is 11.7 Å². The van der Waals surface area contributed by atoms with Gasteiger partial charge in [0.05, 0.1) is 0 Å². The van der Waals surface area contributed by atoms with Crippen LogP contribution in [0.25, 0.3) is 0 Å². The molecule has 1 aliphatic heterocycles. The van der Waals surface area contributed by atoms with Crippen molar-refractivity contribution in [1.82, 2.24) is 9.88 Å². The highest BCUT2D eigenvalue weighted by atomic mass is 19.1. The third-order valence-electron chi connectivity index (χ3n) is 4.21. The van der Waals surface area contributed by atoms with E-state index in [1.807, 2.05) is 0 Å². The monoisotopic (exact) mass is 328 g/mol. The first kappa shape index (κ1) is 16.1. The van der Waals surface area contributed by atoms with Crippen molar-refractivity contribution < 1.29 is 19.1 Å². The highest BCUT2D eigenvalue weighted by Crippen LogP contribution is 2.26. The van der Waals surface area contributed by atoms with E-state index in [2.05, 4.69) is 4.98 Å². The number of hydrogen-bond donors (Lipinski definition) is 1. The summed E-state index contributed by atoms with van der Waals surface area (Å²) in [5.74, 6) is -1.07. The predicted octanol–water partition coefficient (Wildman–Crippen LogP) is 2.80. The molecule has 0 bridgehead atoms. The molecule has 1 aliphatic rings. The molecule has 1 fully saturated rings. The molecule has 2 aromatic rings. The van der Waals surface area contributed by atoms with Crippen molar-refractivity contribution in [1.29, 1.82) is 0 Å². The molecule has 0 radical (unpaired) electrons. The summed E-state index contributed by atoms with van der Waals surface area (Å²) in [7, 11) is 0. The van der Waals surface area contributed by atoms with Gasteiger partial charge in [0, 0.05) is 30.8 Å². The van der Waals surface area contributed by atoms with Crippen LogP contribution in [0.2, 0.25) is 0 Å². The SMILES string of the molecule is O=C(CC1CCCN1C(=O)c1ncccc1O)c1ccc(F)cc1. The number of ketones is 1. The van der Waals surface area contributed by atoms with Crippen molar-refractivity contribution in [3.63, 3.8) is 0 Å². The van der Waals surface area contributed by atoms with Gasteiger partial charge >= 0.3 is 0 Å². The topological polar surface area (TPSA) is 70.5 Å². The van der Waals surface area contributed by atoms with E-state index in [1.165, 1.54) is 36.5 Å². The summed E-state index contributed by atoms with van der Waals surface area (Å²) in [4.78, 5) is 30.5. The van der Waals surface area contributed by atoms with Gasteiger partial charge in [-0.05, 0) is 49.2 Å². The Labute approximate surface area is 138 Å². The van der Waals surface area contributed by atoms with Crippen LogP contribution in [-0.4, -0.2) is 39.3 Å². The largest absolute Gasteiger partial charge is 0.505 e. The minimum atomic E-state index is -0.394. The number of nitrogens with zero attached hydrogens (tertiary/aromatic N) is 2. The molecule has 1 atom stereocenters. The van der Waals surface area contributed by atoms with Crippen LogP contribution in [0.1, 0.15) is 40.1 Å². The summed E-state index contributed by atoms with van der Waals surface area (Å²) in [6.07, 6.45) is 3.12. The van der Waals surface area contributed by atoms with E-state index in [4.69, 9.17) is 0 Å². The zero-order chi connectivity index (χ0) is 17.1. The third kappa shape index (κ3) is 3.27. The van der Waals surface area contributed by atoms with Gasteiger partial charge in [-0.2, -0.15) is 0 Å². The smallest absolute Gasteiger partial charge is 0.276 e. The van der Waals surface area contributed by atoms with Crippen LogP contribution in [0, 0.1) is 5.82 Å². The third-order valence-corrected chi connectivity index (χ3v) is 4.21. The summed E-state index contributed by atoms with van der Waals surface area (Å²) in [5, 5.41) is 9.80. The van der Waals surface area contributed by atoms with Crippen LogP contribution in [0.15, 0.2) is 42.6 Å². The van der Waals surface area contributed by atoms with Gasteiger partial charge in [-0.3, -0.25) is 9.59 Å². The molecular formula is C18H17FN2O3. The number of halogens is 1. The summed E-state index contributed by atoms with van der Waals surface area (Å²) < 4.78 is 13.0. The molecule has 24 heavy (non-hydrogen) atoms. The summed E-state index contributed by atoms with van der Waals surface area (Å²) in [5.41, 5.74) is 0.426. The van der Waals surface area contributed by atoms with Gasteiger partial charge in [-0.15, -0.1) is 0 Å². The number of amides is 1. The number of hydrogen-bond acceptors (Lipinski definition) is 4. The lowest BCUT2D eigenvalue weighted by molar-refractivity contribution is 0.0708. The van der Waals surface area contributed by atoms with Gasteiger partial charge < -0.3 is 10.0 Å². The number of benzene rings is 1. The highest BCUT2D eigenvalue weighted by molar-refractivity contribution is 5.98. The van der Waals surface area contributed by atoms with E-state index in [1.54, 1.807) is 11.0 Å². The molecule has 1 aromatic carbocycles. The zero-order valence-corrected chi connectivity index (χ0v) is 13.0. The lowest BCUT2D eigenvalue weighted by Crippen LogP contribution is -2.37. The van der Waals surface area contributed by atoms with E-state index in [0.717, 1.165) is 6.42 Å². The Morgan fingerprint density at radius 3 is 2.71 bits per heavy atom. The minimum Gasteiger partial charge on any atom is -0.505 e. The average molecular weight is 328 g/mol. The molecule has 3 rings (SSSR count). The van der Waals surface area contributed by atoms with Gasteiger partial charge in [0.25, 0.3) is 5.91 Å². The van der Waals surface area contributed by atoms with Crippen LogP contribution >= 0.6 is 0 Å². The number of carbonyl (C=O) groups excluding carboxylic acids is 2. The lowest BCUT2D eigenvalue weighted by Gasteiger charge is -2.24. The standard InChI is InChI=1S/C18H17FN2O3/c19-13-7-5-12(6-8-13)16(23)11-14-3-2-10-21(14)18(24)17-15(22)4-1-9-20-17/h1,4-9,14,22H,2-3,10-11H2. The Bertz CT molecular complexity index is 761. The lowest BCUT2D eigenvalue weighted by atomic mass is 10.0. The van der Waals surface area contributed by atoms with Crippen LogP contribution in [0.4, 0.5) is 4.39 Å². The number of aromatic hydroxyl groups is 1. The van der Waals surface area contributed by atoms with E-state index in [9.17, 15) is 19.1 Å². The van der Waals surface area contributed by atoms with E-state index >= 15 is 0 Å². The number of Topliss-reactive ketones (excluding diaryl/α,β-unsaturated/α-hetero) is 1. The predicted molar refractivity (Wildman–Crippen MR) is 85.3 cm³/mol. The Morgan fingerprint density at radius 2 is 2.00 bits per heavy atom. The van der Waals surface area contributed by atoms with Crippen LogP contribution in [0.3, 0.4) is 0 Å². The minimum absolute atomic E-state index is 0.00127. The van der Waals surface area contributed by atoms with Crippen LogP contribution in [-0.2, 0) is 0 Å². The van der Waals surface area contributed by atoms with Gasteiger partial charge in [-0.25, -0.2) is 9.37 Å². The van der Waals surface area contributed by atoms with Crippen LogP contribution < -0.4 is 0 Å². The van der Waals surface area contributed by atoms with Gasteiger partial charge in [0.1, 0.15) is 11.6 Å². The van der Waals surface area contributed by atoms with Gasteiger partial charge in [0.15, 0.2) is 11.5 Å². The molecule has 5 nitrogen and oxygen atoms in total. The molecule has 1 saturated heterocycles. The fourth-order valence-electron chi connectivity index (χ4n) is 2.98. The Morgan fingerprint density at radius 1 is 1.25 bits per heavy atom. The Balaban J connectivity index is 1.74. The van der Waals surface area contributed by atoms with E-state index in [0.29, 0.717) is 18.5 Å². The van der Waals surface area contributed by atoms with Crippen molar-refractivity contribution in [3.05, 3.63) is 59.7 Å². The maximum atomic E-state index is 13.0. The molecule has 6 heteroatoms. The molecule has 1 amide bonds. The number of aromatic nitrogens is 1. The van der Waals surface area contributed by atoms with Crippen molar-refractivity contribution in [2.75, 3.05) is 6.54 Å². The molecule has 1 unspecified atom stereocenters. The number of carbonyl (C=O) groups is 2. The first-order chi connectivity index (χ1) is 11.6. The first-order valence-electron chi connectivity index (χ1n) is 7.80. The molecule has 124 valence electrons. The number of likely N-dealkylation sites (tertiary alicyclic amines) is 1. The zero-order valence-electron chi connectivity index (χ0n) is 13.0.